The molecule has 2 N–H and O–H groups in total. The van der Waals surface area contributed by atoms with E-state index in [0.717, 1.165) is 11.1 Å². The number of benzene rings is 3. The van der Waals surface area contributed by atoms with Crippen LogP contribution in [0.4, 0.5) is 11.4 Å². The van der Waals surface area contributed by atoms with Crippen molar-refractivity contribution in [1.82, 2.24) is 0 Å². The number of aryl methyl sites for hydroxylation is 3. The minimum absolute atomic E-state index is 0.161. The topological polar surface area (TPSA) is 75.3 Å². The summed E-state index contributed by atoms with van der Waals surface area (Å²) in [4.78, 5) is 12.8. The predicted molar refractivity (Wildman–Crippen MR) is 117 cm³/mol. The van der Waals surface area contributed by atoms with E-state index in [2.05, 4.69) is 10.0 Å². The summed E-state index contributed by atoms with van der Waals surface area (Å²) in [5, 5.41) is 3.41. The summed E-state index contributed by atoms with van der Waals surface area (Å²) in [7, 11) is -3.76. The molecule has 0 aliphatic carbocycles. The average Bonchev–Trinajstić information content (AvgIpc) is 2.66. The number of amides is 1. The van der Waals surface area contributed by atoms with Crippen LogP contribution >= 0.6 is 11.6 Å². The normalized spacial score (nSPS) is 11.2. The highest BCUT2D eigenvalue weighted by Crippen LogP contribution is 2.24. The number of anilines is 2. The maximum absolute atomic E-state index is 12.7. The summed E-state index contributed by atoms with van der Waals surface area (Å²) in [6.07, 6.45) is 0. The van der Waals surface area contributed by atoms with E-state index in [9.17, 15) is 13.2 Å². The number of halogens is 1. The molecule has 7 heteroatoms. The molecule has 0 aromatic heterocycles. The zero-order valence-electron chi connectivity index (χ0n) is 16.3. The van der Waals surface area contributed by atoms with Gasteiger partial charge in [0.2, 0.25) is 0 Å². The van der Waals surface area contributed by atoms with Crippen molar-refractivity contribution in [3.8, 4) is 0 Å². The lowest BCUT2D eigenvalue weighted by Gasteiger charge is -2.13. The number of sulfonamides is 1. The molecule has 0 heterocycles. The molecule has 0 spiro atoms. The molecular weight excluding hydrogens is 408 g/mol. The summed E-state index contributed by atoms with van der Waals surface area (Å²) in [5.41, 5.74) is 3.84. The Morgan fingerprint density at radius 2 is 1.52 bits per heavy atom. The first-order valence-corrected chi connectivity index (χ1v) is 10.8. The minimum atomic E-state index is -3.76. The summed E-state index contributed by atoms with van der Waals surface area (Å²) in [6, 6.07) is 16.6. The van der Waals surface area contributed by atoms with Crippen LogP contribution in [0.25, 0.3) is 0 Å². The Balaban J connectivity index is 1.85. The lowest BCUT2D eigenvalue weighted by atomic mass is 10.1. The summed E-state index contributed by atoms with van der Waals surface area (Å²) in [6.45, 7) is 5.51. The lowest BCUT2D eigenvalue weighted by molar-refractivity contribution is 0.102. The summed E-state index contributed by atoms with van der Waals surface area (Å²) >= 11 is 5.95. The molecule has 5 nitrogen and oxygen atoms in total. The first-order valence-electron chi connectivity index (χ1n) is 8.93. The molecule has 3 aromatic rings. The molecular formula is C22H21ClN2O3S. The van der Waals surface area contributed by atoms with Crippen LogP contribution in [0, 0.1) is 20.8 Å². The summed E-state index contributed by atoms with van der Waals surface area (Å²) in [5.74, 6) is -0.341. The van der Waals surface area contributed by atoms with Crippen LogP contribution in [0.15, 0.2) is 65.6 Å². The van der Waals surface area contributed by atoms with Gasteiger partial charge in [-0.3, -0.25) is 9.52 Å². The van der Waals surface area contributed by atoms with Crippen LogP contribution in [0.3, 0.4) is 0 Å². The van der Waals surface area contributed by atoms with Gasteiger partial charge >= 0.3 is 0 Å². The Labute approximate surface area is 175 Å². The highest BCUT2D eigenvalue weighted by atomic mass is 35.5. The van der Waals surface area contributed by atoms with E-state index < -0.39 is 10.0 Å². The van der Waals surface area contributed by atoms with Gasteiger partial charge in [-0.1, -0.05) is 35.4 Å². The van der Waals surface area contributed by atoms with Gasteiger partial charge in [0.1, 0.15) is 0 Å². The smallest absolute Gasteiger partial charge is 0.261 e. The molecule has 0 saturated heterocycles. The van der Waals surface area contributed by atoms with Crippen molar-refractivity contribution in [2.24, 2.45) is 0 Å². The minimum Gasteiger partial charge on any atom is -0.322 e. The first-order chi connectivity index (χ1) is 13.7. The van der Waals surface area contributed by atoms with E-state index in [4.69, 9.17) is 11.6 Å². The SMILES string of the molecule is Cc1ccc(S(=O)(=O)Nc2cc(C(=O)Nc3ccc(Cl)cc3C)ccc2C)cc1. The summed E-state index contributed by atoms with van der Waals surface area (Å²) < 4.78 is 28.0. The first kappa shape index (κ1) is 20.9. The Morgan fingerprint density at radius 1 is 0.828 bits per heavy atom. The van der Waals surface area contributed by atoms with E-state index >= 15 is 0 Å². The molecule has 0 saturated carbocycles. The van der Waals surface area contributed by atoms with Gasteiger partial charge in [-0.25, -0.2) is 8.42 Å². The van der Waals surface area contributed by atoms with E-state index in [1.165, 1.54) is 6.07 Å². The van der Waals surface area contributed by atoms with E-state index in [-0.39, 0.29) is 10.8 Å². The van der Waals surface area contributed by atoms with Gasteiger partial charge in [0.05, 0.1) is 10.6 Å². The molecule has 29 heavy (non-hydrogen) atoms. The Hall–Kier alpha value is -2.83. The number of carbonyl (C=O) groups excluding carboxylic acids is 1. The van der Waals surface area contributed by atoms with E-state index in [1.54, 1.807) is 61.5 Å². The van der Waals surface area contributed by atoms with Gasteiger partial charge in [0.15, 0.2) is 0 Å². The molecule has 0 aliphatic heterocycles. The van der Waals surface area contributed by atoms with Crippen molar-refractivity contribution < 1.29 is 13.2 Å². The second kappa shape index (κ2) is 8.27. The largest absolute Gasteiger partial charge is 0.322 e. The maximum atomic E-state index is 12.7. The highest BCUT2D eigenvalue weighted by molar-refractivity contribution is 7.92. The third-order valence-corrected chi connectivity index (χ3v) is 6.13. The van der Waals surface area contributed by atoms with Gasteiger partial charge < -0.3 is 5.32 Å². The maximum Gasteiger partial charge on any atom is 0.261 e. The van der Waals surface area contributed by atoms with Crippen LogP contribution in [-0.2, 0) is 10.0 Å². The Morgan fingerprint density at radius 3 is 2.17 bits per heavy atom. The molecule has 3 rings (SSSR count). The van der Waals surface area contributed by atoms with Crippen molar-refractivity contribution >= 4 is 38.9 Å². The van der Waals surface area contributed by atoms with Crippen LogP contribution in [-0.4, -0.2) is 14.3 Å². The highest BCUT2D eigenvalue weighted by Gasteiger charge is 2.17. The molecule has 0 fully saturated rings. The number of hydrogen-bond acceptors (Lipinski definition) is 3. The molecule has 0 unspecified atom stereocenters. The van der Waals surface area contributed by atoms with Gasteiger partial charge in [0.25, 0.3) is 15.9 Å². The zero-order chi connectivity index (χ0) is 21.2. The molecule has 1 amide bonds. The van der Waals surface area contributed by atoms with Crippen molar-refractivity contribution in [2.45, 2.75) is 25.7 Å². The Bertz CT molecular complexity index is 1170. The van der Waals surface area contributed by atoms with Gasteiger partial charge in [0, 0.05) is 16.3 Å². The third kappa shape index (κ3) is 4.96. The number of carbonyl (C=O) groups is 1. The van der Waals surface area contributed by atoms with Crippen molar-refractivity contribution in [3.05, 3.63) is 87.9 Å². The number of rotatable bonds is 5. The lowest BCUT2D eigenvalue weighted by Crippen LogP contribution is -2.16. The average molecular weight is 429 g/mol. The van der Waals surface area contributed by atoms with Crippen molar-refractivity contribution in [3.63, 3.8) is 0 Å². The van der Waals surface area contributed by atoms with Crippen LogP contribution in [0.1, 0.15) is 27.0 Å². The van der Waals surface area contributed by atoms with Crippen LogP contribution in [0.5, 0.6) is 0 Å². The molecule has 0 radical (unpaired) electrons. The third-order valence-electron chi connectivity index (χ3n) is 4.51. The van der Waals surface area contributed by atoms with E-state index in [1.807, 2.05) is 13.8 Å². The number of hydrogen-bond donors (Lipinski definition) is 2. The van der Waals surface area contributed by atoms with E-state index in [0.29, 0.717) is 27.5 Å². The number of nitrogens with one attached hydrogen (secondary N) is 2. The van der Waals surface area contributed by atoms with Gasteiger partial charge in [-0.05, 0) is 74.4 Å². The second-order valence-electron chi connectivity index (χ2n) is 6.86. The standard InChI is InChI=1S/C22H21ClN2O3S/c1-14-4-9-19(10-5-14)29(27,28)25-21-13-17(7-6-15(21)2)22(26)24-20-11-8-18(23)12-16(20)3/h4-13,25H,1-3H3,(H,24,26). The molecule has 0 bridgehead atoms. The monoisotopic (exact) mass is 428 g/mol. The fraction of sp³-hybridized carbons (Fsp3) is 0.136. The van der Waals surface area contributed by atoms with Crippen molar-refractivity contribution in [1.29, 1.82) is 0 Å². The van der Waals surface area contributed by atoms with Gasteiger partial charge in [-0.2, -0.15) is 0 Å². The van der Waals surface area contributed by atoms with Crippen LogP contribution in [0.2, 0.25) is 5.02 Å². The zero-order valence-corrected chi connectivity index (χ0v) is 17.9. The van der Waals surface area contributed by atoms with Crippen LogP contribution < -0.4 is 10.0 Å². The Kier molecular flexibility index (Phi) is 5.96. The fourth-order valence-electron chi connectivity index (χ4n) is 2.76. The van der Waals surface area contributed by atoms with Crippen molar-refractivity contribution in [2.75, 3.05) is 10.0 Å². The molecule has 150 valence electrons. The second-order valence-corrected chi connectivity index (χ2v) is 8.98. The predicted octanol–water partition coefficient (Wildman–Crippen LogP) is 5.32. The molecule has 0 aliphatic rings. The quantitative estimate of drug-likeness (QED) is 0.577. The fourth-order valence-corrected chi connectivity index (χ4v) is 4.10. The molecule has 3 aromatic carbocycles. The van der Waals surface area contributed by atoms with Gasteiger partial charge in [-0.15, -0.1) is 0 Å². The molecule has 0 atom stereocenters.